The highest BCUT2D eigenvalue weighted by molar-refractivity contribution is 7.19. The molecule has 0 unspecified atom stereocenters. The van der Waals surface area contributed by atoms with Gasteiger partial charge in [0.25, 0.3) is 0 Å². The van der Waals surface area contributed by atoms with Gasteiger partial charge in [-0.1, -0.05) is 43.0 Å². The third-order valence-corrected chi connectivity index (χ3v) is 8.34. The first kappa shape index (κ1) is 20.8. The van der Waals surface area contributed by atoms with Gasteiger partial charge in [0.15, 0.2) is 0 Å². The van der Waals surface area contributed by atoms with E-state index in [1.54, 1.807) is 11.3 Å². The highest BCUT2D eigenvalue weighted by Crippen LogP contribution is 2.42. The Morgan fingerprint density at radius 3 is 2.74 bits per heavy atom. The smallest absolute Gasteiger partial charge is 0.339 e. The van der Waals surface area contributed by atoms with Crippen LogP contribution in [0.3, 0.4) is 0 Å². The second kappa shape index (κ2) is 8.48. The summed E-state index contributed by atoms with van der Waals surface area (Å²) < 4.78 is 6.35. The van der Waals surface area contributed by atoms with Crippen LogP contribution in [-0.2, 0) is 4.74 Å². The van der Waals surface area contributed by atoms with E-state index in [-0.39, 0.29) is 5.97 Å². The Morgan fingerprint density at radius 2 is 2.00 bits per heavy atom. The van der Waals surface area contributed by atoms with Crippen molar-refractivity contribution in [3.63, 3.8) is 0 Å². The molecule has 3 aromatic rings. The van der Waals surface area contributed by atoms with Crippen LogP contribution in [0.5, 0.6) is 0 Å². The number of carbonyl (C=O) groups excluding carboxylic acids is 1. The molecule has 0 radical (unpaired) electrons. The molecule has 3 nitrogen and oxygen atoms in total. The summed E-state index contributed by atoms with van der Waals surface area (Å²) >= 11 is 7.94. The van der Waals surface area contributed by atoms with Gasteiger partial charge < -0.3 is 9.64 Å². The maximum absolute atomic E-state index is 12.8. The fraction of sp³-hybridized carbons (Fsp3) is 0.423. The Morgan fingerprint density at radius 1 is 1.16 bits per heavy atom. The molecular formula is C26H28ClNO2S. The van der Waals surface area contributed by atoms with Gasteiger partial charge in [-0.05, 0) is 61.4 Å². The number of thiophene rings is 1. The van der Waals surface area contributed by atoms with E-state index in [1.807, 2.05) is 18.2 Å². The van der Waals surface area contributed by atoms with Gasteiger partial charge in [-0.25, -0.2) is 4.79 Å². The van der Waals surface area contributed by atoms with Gasteiger partial charge in [-0.2, -0.15) is 0 Å². The van der Waals surface area contributed by atoms with E-state index >= 15 is 0 Å². The highest BCUT2D eigenvalue weighted by atomic mass is 35.5. The molecule has 31 heavy (non-hydrogen) atoms. The van der Waals surface area contributed by atoms with Crippen molar-refractivity contribution in [2.45, 2.75) is 39.0 Å². The molecule has 1 aromatic heterocycles. The number of esters is 1. The van der Waals surface area contributed by atoms with Crippen molar-refractivity contribution in [3.05, 3.63) is 51.9 Å². The molecule has 5 rings (SSSR count). The van der Waals surface area contributed by atoms with E-state index in [0.717, 1.165) is 41.2 Å². The Labute approximate surface area is 193 Å². The van der Waals surface area contributed by atoms with E-state index in [9.17, 15) is 4.79 Å². The normalized spacial score (nSPS) is 19.1. The predicted octanol–water partition coefficient (Wildman–Crippen LogP) is 7.33. The average Bonchev–Trinajstić information content (AvgIpc) is 3.33. The summed E-state index contributed by atoms with van der Waals surface area (Å²) in [6.45, 7) is 4.18. The molecule has 0 N–H and O–H groups in total. The molecule has 5 heteroatoms. The second-order valence-electron chi connectivity index (χ2n) is 9.03. The van der Waals surface area contributed by atoms with Crippen molar-refractivity contribution in [2.24, 2.45) is 11.8 Å². The fourth-order valence-corrected chi connectivity index (χ4v) is 6.60. The van der Waals surface area contributed by atoms with Gasteiger partial charge >= 0.3 is 5.97 Å². The largest absolute Gasteiger partial charge is 0.465 e. The van der Waals surface area contributed by atoms with Crippen molar-refractivity contribution in [2.75, 3.05) is 25.1 Å². The Balaban J connectivity index is 1.49. The van der Waals surface area contributed by atoms with Crippen molar-refractivity contribution in [1.29, 1.82) is 0 Å². The number of hydrogen-bond donors (Lipinski definition) is 0. The number of hydrogen-bond acceptors (Lipinski definition) is 4. The number of nitrogens with zero attached hydrogens (tertiary/aromatic N) is 1. The number of anilines is 1. The maximum Gasteiger partial charge on any atom is 0.339 e. The zero-order valence-electron chi connectivity index (χ0n) is 18.1. The first-order valence-electron chi connectivity index (χ1n) is 11.2. The average molecular weight is 454 g/mol. The maximum atomic E-state index is 12.8. The van der Waals surface area contributed by atoms with Crippen LogP contribution < -0.4 is 4.90 Å². The number of aryl methyl sites for hydroxylation is 1. The van der Waals surface area contributed by atoms with Crippen LogP contribution in [0.2, 0.25) is 5.02 Å². The standard InChI is InChI=1S/C26H28ClNO2S/c1-16-25(21-8-7-20(27)14-24(21)31-16)19-6-9-23(22(13-19)26(29)30-2)28-11-10-18(15-28)12-17-4-3-5-17/h6-9,13-14,17-18H,3-5,10-12,15H2,1-2H3/t18-/m0/s1. The van der Waals surface area contributed by atoms with Crippen LogP contribution in [0.1, 0.15) is 47.3 Å². The number of rotatable bonds is 5. The molecule has 2 aliphatic rings. The lowest BCUT2D eigenvalue weighted by atomic mass is 9.79. The van der Waals surface area contributed by atoms with E-state index in [2.05, 4.69) is 30.0 Å². The summed E-state index contributed by atoms with van der Waals surface area (Å²) in [5, 5.41) is 1.92. The summed E-state index contributed by atoms with van der Waals surface area (Å²) in [4.78, 5) is 16.4. The highest BCUT2D eigenvalue weighted by Gasteiger charge is 2.30. The summed E-state index contributed by atoms with van der Waals surface area (Å²) in [5.41, 5.74) is 3.90. The first-order valence-corrected chi connectivity index (χ1v) is 12.4. The quantitative estimate of drug-likeness (QED) is 0.378. The fourth-order valence-electron chi connectivity index (χ4n) is 5.24. The van der Waals surface area contributed by atoms with Gasteiger partial charge in [-0.15, -0.1) is 11.3 Å². The van der Waals surface area contributed by atoms with Crippen LogP contribution in [0.15, 0.2) is 36.4 Å². The van der Waals surface area contributed by atoms with Crippen LogP contribution in [-0.4, -0.2) is 26.2 Å². The minimum absolute atomic E-state index is 0.264. The Bertz CT molecular complexity index is 1130. The molecule has 2 fully saturated rings. The minimum atomic E-state index is -0.264. The molecule has 1 aliphatic heterocycles. The first-order chi connectivity index (χ1) is 15.0. The zero-order chi connectivity index (χ0) is 21.5. The predicted molar refractivity (Wildman–Crippen MR) is 131 cm³/mol. The molecule has 2 heterocycles. The number of methoxy groups -OCH3 is 1. The van der Waals surface area contributed by atoms with Gasteiger partial charge in [-0.3, -0.25) is 0 Å². The van der Waals surface area contributed by atoms with E-state index in [1.165, 1.54) is 59.7 Å². The van der Waals surface area contributed by atoms with E-state index in [0.29, 0.717) is 5.56 Å². The third-order valence-electron chi connectivity index (χ3n) is 7.04. The Hall–Kier alpha value is -2.04. The number of benzene rings is 2. The second-order valence-corrected chi connectivity index (χ2v) is 10.7. The number of ether oxygens (including phenoxy) is 1. The van der Waals surface area contributed by atoms with Gasteiger partial charge in [0.05, 0.1) is 18.4 Å². The third kappa shape index (κ3) is 3.96. The number of carbonyl (C=O) groups is 1. The monoisotopic (exact) mass is 453 g/mol. The van der Waals surface area contributed by atoms with E-state index in [4.69, 9.17) is 16.3 Å². The SMILES string of the molecule is COC(=O)c1cc(-c2c(C)sc3cc(Cl)ccc23)ccc1N1CC[C@@H](CC2CCC2)C1. The van der Waals surface area contributed by atoms with Crippen molar-refractivity contribution < 1.29 is 9.53 Å². The van der Waals surface area contributed by atoms with Crippen molar-refractivity contribution in [1.82, 2.24) is 0 Å². The molecule has 1 saturated heterocycles. The molecule has 1 saturated carbocycles. The van der Waals surface area contributed by atoms with Crippen LogP contribution in [0, 0.1) is 18.8 Å². The van der Waals surface area contributed by atoms with Crippen LogP contribution in [0.4, 0.5) is 5.69 Å². The summed E-state index contributed by atoms with van der Waals surface area (Å²) in [7, 11) is 1.47. The lowest BCUT2D eigenvalue weighted by Gasteiger charge is -2.28. The molecule has 162 valence electrons. The number of halogens is 1. The lowest BCUT2D eigenvalue weighted by Crippen LogP contribution is -2.24. The van der Waals surface area contributed by atoms with Gasteiger partial charge in [0.2, 0.25) is 0 Å². The molecular weight excluding hydrogens is 426 g/mol. The molecule has 0 bridgehead atoms. The molecule has 0 spiro atoms. The number of fused-ring (bicyclic) bond motifs is 1. The Kier molecular flexibility index (Phi) is 5.70. The van der Waals surface area contributed by atoms with Crippen molar-refractivity contribution in [3.8, 4) is 11.1 Å². The van der Waals surface area contributed by atoms with Gasteiger partial charge in [0.1, 0.15) is 0 Å². The minimum Gasteiger partial charge on any atom is -0.465 e. The zero-order valence-corrected chi connectivity index (χ0v) is 19.7. The molecule has 1 aliphatic carbocycles. The topological polar surface area (TPSA) is 29.5 Å². The molecule has 0 amide bonds. The van der Waals surface area contributed by atoms with Gasteiger partial charge in [0, 0.05) is 38.6 Å². The van der Waals surface area contributed by atoms with Crippen LogP contribution in [0.25, 0.3) is 21.2 Å². The lowest BCUT2D eigenvalue weighted by molar-refractivity contribution is 0.0601. The molecule has 1 atom stereocenters. The summed E-state index contributed by atoms with van der Waals surface area (Å²) in [5.74, 6) is 1.40. The summed E-state index contributed by atoms with van der Waals surface area (Å²) in [6.07, 6.45) is 6.76. The van der Waals surface area contributed by atoms with Crippen LogP contribution >= 0.6 is 22.9 Å². The van der Waals surface area contributed by atoms with E-state index < -0.39 is 0 Å². The van der Waals surface area contributed by atoms with Crippen molar-refractivity contribution >= 4 is 44.7 Å². The summed E-state index contributed by atoms with van der Waals surface area (Å²) in [6, 6.07) is 12.3. The molecule has 2 aromatic carbocycles.